The lowest BCUT2D eigenvalue weighted by Crippen LogP contribution is -2.22. The number of aromatic amines is 1. The second kappa shape index (κ2) is 5.69. The first-order chi connectivity index (χ1) is 9.45. The lowest BCUT2D eigenvalue weighted by molar-refractivity contribution is -0.150. The van der Waals surface area contributed by atoms with Crippen LogP contribution in [0.4, 0.5) is 0 Å². The monoisotopic (exact) mass is 279 g/mol. The van der Waals surface area contributed by atoms with Gasteiger partial charge in [-0.1, -0.05) is 6.92 Å². The minimum Gasteiger partial charge on any atom is -0.461 e. The van der Waals surface area contributed by atoms with Gasteiger partial charge in [0.1, 0.15) is 11.8 Å². The Hall–Kier alpha value is -1.78. The summed E-state index contributed by atoms with van der Waals surface area (Å²) in [6.07, 6.45) is 1.51. The number of aromatic nitrogens is 1. The normalized spacial score (nSPS) is 21.2. The van der Waals surface area contributed by atoms with Crippen LogP contribution in [0.2, 0.25) is 0 Å². The fraction of sp³-hybridized carbons (Fsp3) is 0.600. The molecule has 1 aliphatic carbocycles. The molecule has 0 spiro atoms. The van der Waals surface area contributed by atoms with Crippen molar-refractivity contribution in [2.75, 3.05) is 6.61 Å². The molecule has 0 saturated heterocycles. The summed E-state index contributed by atoms with van der Waals surface area (Å²) in [5.41, 5.74) is 3.31. The molecule has 2 unspecified atom stereocenters. The SMILES string of the molecule is CCOC(=O)c1[nH]c2c(c1C)CCC(C)C2OC(C)=O. The highest BCUT2D eigenvalue weighted by Crippen LogP contribution is 2.39. The molecule has 0 amide bonds. The average molecular weight is 279 g/mol. The molecule has 2 atom stereocenters. The number of esters is 2. The highest BCUT2D eigenvalue weighted by atomic mass is 16.5. The van der Waals surface area contributed by atoms with E-state index in [1.807, 2.05) is 6.92 Å². The van der Waals surface area contributed by atoms with E-state index in [-0.39, 0.29) is 24.0 Å². The van der Waals surface area contributed by atoms with E-state index in [0.717, 1.165) is 29.7 Å². The average Bonchev–Trinajstić information content (AvgIpc) is 2.71. The van der Waals surface area contributed by atoms with Crippen LogP contribution in [0.25, 0.3) is 0 Å². The standard InChI is InChI=1S/C15H21NO4/c1-5-19-15(18)12-9(3)11-7-6-8(2)14(13(11)16-12)20-10(4)17/h8,14,16H,5-7H2,1-4H3. The van der Waals surface area contributed by atoms with Crippen molar-refractivity contribution < 1.29 is 19.1 Å². The van der Waals surface area contributed by atoms with E-state index in [9.17, 15) is 9.59 Å². The van der Waals surface area contributed by atoms with Gasteiger partial charge in [-0.2, -0.15) is 0 Å². The molecule has 20 heavy (non-hydrogen) atoms. The van der Waals surface area contributed by atoms with Crippen molar-refractivity contribution in [3.63, 3.8) is 0 Å². The Bertz CT molecular complexity index is 532. The van der Waals surface area contributed by atoms with Gasteiger partial charge in [-0.25, -0.2) is 4.79 Å². The lowest BCUT2D eigenvalue weighted by atomic mass is 9.85. The molecule has 1 aliphatic rings. The van der Waals surface area contributed by atoms with Crippen molar-refractivity contribution in [1.82, 2.24) is 4.98 Å². The van der Waals surface area contributed by atoms with Crippen molar-refractivity contribution >= 4 is 11.9 Å². The minimum atomic E-state index is -0.353. The van der Waals surface area contributed by atoms with Crippen molar-refractivity contribution in [3.05, 3.63) is 22.5 Å². The van der Waals surface area contributed by atoms with Crippen molar-refractivity contribution in [2.24, 2.45) is 5.92 Å². The van der Waals surface area contributed by atoms with Crippen molar-refractivity contribution in [1.29, 1.82) is 0 Å². The largest absolute Gasteiger partial charge is 0.461 e. The fourth-order valence-electron chi connectivity index (χ4n) is 2.79. The number of rotatable bonds is 3. The topological polar surface area (TPSA) is 68.4 Å². The van der Waals surface area contributed by atoms with Gasteiger partial charge in [-0.05, 0) is 43.7 Å². The molecular weight excluding hydrogens is 258 g/mol. The Morgan fingerprint density at radius 3 is 2.70 bits per heavy atom. The zero-order valence-electron chi connectivity index (χ0n) is 12.4. The summed E-state index contributed by atoms with van der Waals surface area (Å²) >= 11 is 0. The number of carbonyl (C=O) groups excluding carboxylic acids is 2. The third kappa shape index (κ3) is 2.57. The molecule has 0 aliphatic heterocycles. The predicted octanol–water partition coefficient (Wildman–Crippen LogP) is 2.69. The number of hydrogen-bond donors (Lipinski definition) is 1. The molecular formula is C15H21NO4. The van der Waals surface area contributed by atoms with Gasteiger partial charge >= 0.3 is 11.9 Å². The van der Waals surface area contributed by atoms with E-state index in [1.54, 1.807) is 6.92 Å². The summed E-state index contributed by atoms with van der Waals surface area (Å²) in [4.78, 5) is 26.3. The number of fused-ring (bicyclic) bond motifs is 1. The third-order valence-electron chi connectivity index (χ3n) is 3.84. The van der Waals surface area contributed by atoms with Crippen LogP contribution in [-0.2, 0) is 20.7 Å². The van der Waals surface area contributed by atoms with Crippen LogP contribution >= 0.6 is 0 Å². The van der Waals surface area contributed by atoms with Crippen LogP contribution in [0.5, 0.6) is 0 Å². The van der Waals surface area contributed by atoms with Gasteiger partial charge in [0.25, 0.3) is 0 Å². The second-order valence-electron chi connectivity index (χ2n) is 5.28. The lowest BCUT2D eigenvalue weighted by Gasteiger charge is -2.28. The Morgan fingerprint density at radius 1 is 1.40 bits per heavy atom. The molecule has 0 saturated carbocycles. The van der Waals surface area contributed by atoms with Crippen LogP contribution in [0.3, 0.4) is 0 Å². The van der Waals surface area contributed by atoms with Gasteiger partial charge in [-0.3, -0.25) is 4.79 Å². The number of H-pyrrole nitrogens is 1. The summed E-state index contributed by atoms with van der Waals surface area (Å²) in [7, 11) is 0. The first kappa shape index (κ1) is 14.6. The first-order valence-corrected chi connectivity index (χ1v) is 7.01. The van der Waals surface area contributed by atoms with E-state index >= 15 is 0 Å². The summed E-state index contributed by atoms with van der Waals surface area (Å²) in [5, 5.41) is 0. The van der Waals surface area contributed by atoms with Crippen LogP contribution in [0, 0.1) is 12.8 Å². The molecule has 1 N–H and O–H groups in total. The van der Waals surface area contributed by atoms with Gasteiger partial charge in [0, 0.05) is 6.92 Å². The number of carbonyl (C=O) groups is 2. The first-order valence-electron chi connectivity index (χ1n) is 7.01. The number of ether oxygens (including phenoxy) is 2. The quantitative estimate of drug-likeness (QED) is 0.864. The minimum absolute atomic E-state index is 0.236. The molecule has 1 aromatic rings. The van der Waals surface area contributed by atoms with Crippen LogP contribution in [0.1, 0.15) is 60.6 Å². The van der Waals surface area contributed by atoms with E-state index in [2.05, 4.69) is 11.9 Å². The molecule has 0 aromatic carbocycles. The molecule has 5 heteroatoms. The molecule has 0 radical (unpaired) electrons. The van der Waals surface area contributed by atoms with Crippen LogP contribution < -0.4 is 0 Å². The highest BCUT2D eigenvalue weighted by Gasteiger charge is 2.34. The molecule has 0 fully saturated rings. The Morgan fingerprint density at radius 2 is 2.10 bits per heavy atom. The van der Waals surface area contributed by atoms with Gasteiger partial charge in [0.2, 0.25) is 0 Å². The van der Waals surface area contributed by atoms with E-state index in [1.165, 1.54) is 6.92 Å². The highest BCUT2D eigenvalue weighted by molar-refractivity contribution is 5.90. The molecule has 1 aromatic heterocycles. The van der Waals surface area contributed by atoms with E-state index < -0.39 is 0 Å². The maximum atomic E-state index is 11.9. The zero-order valence-corrected chi connectivity index (χ0v) is 12.4. The molecule has 1 heterocycles. The Balaban J connectivity index is 2.40. The van der Waals surface area contributed by atoms with Crippen LogP contribution in [0.15, 0.2) is 0 Å². The Kier molecular flexibility index (Phi) is 4.16. The maximum absolute atomic E-state index is 11.9. The summed E-state index contributed by atoms with van der Waals surface area (Å²) in [5.74, 6) is -0.423. The molecule has 5 nitrogen and oxygen atoms in total. The maximum Gasteiger partial charge on any atom is 0.355 e. The summed E-state index contributed by atoms with van der Waals surface area (Å²) < 4.78 is 10.5. The van der Waals surface area contributed by atoms with Gasteiger partial charge in [0.15, 0.2) is 0 Å². The van der Waals surface area contributed by atoms with Gasteiger partial charge < -0.3 is 14.5 Å². The smallest absolute Gasteiger partial charge is 0.355 e. The van der Waals surface area contributed by atoms with Gasteiger partial charge in [0.05, 0.1) is 12.3 Å². The van der Waals surface area contributed by atoms with E-state index in [0.29, 0.717) is 12.3 Å². The number of hydrogen-bond acceptors (Lipinski definition) is 4. The van der Waals surface area contributed by atoms with Gasteiger partial charge in [-0.15, -0.1) is 0 Å². The number of nitrogens with one attached hydrogen (secondary N) is 1. The van der Waals surface area contributed by atoms with Crippen LogP contribution in [-0.4, -0.2) is 23.5 Å². The fourth-order valence-corrected chi connectivity index (χ4v) is 2.79. The van der Waals surface area contributed by atoms with E-state index in [4.69, 9.17) is 9.47 Å². The molecule has 110 valence electrons. The van der Waals surface area contributed by atoms with Crippen molar-refractivity contribution in [3.8, 4) is 0 Å². The summed E-state index contributed by atoms with van der Waals surface area (Å²) in [6.45, 7) is 7.48. The molecule has 0 bridgehead atoms. The van der Waals surface area contributed by atoms with Crippen molar-refractivity contribution in [2.45, 2.75) is 46.6 Å². The second-order valence-corrected chi connectivity index (χ2v) is 5.28. The Labute approximate surface area is 118 Å². The predicted molar refractivity (Wildman–Crippen MR) is 73.5 cm³/mol. The third-order valence-corrected chi connectivity index (χ3v) is 3.84. The summed E-state index contributed by atoms with van der Waals surface area (Å²) in [6, 6.07) is 0. The zero-order chi connectivity index (χ0) is 14.9. The molecule has 2 rings (SSSR count).